The zero-order valence-electron chi connectivity index (χ0n) is 24.2. The number of amides is 2. The van der Waals surface area contributed by atoms with Gasteiger partial charge in [0.25, 0.3) is 0 Å². The van der Waals surface area contributed by atoms with Crippen molar-refractivity contribution in [2.45, 2.75) is 69.6 Å². The van der Waals surface area contributed by atoms with Crippen molar-refractivity contribution < 1.29 is 18.4 Å². The summed E-state index contributed by atoms with van der Waals surface area (Å²) in [6, 6.07) is 18.8. The number of halogens is 2. The van der Waals surface area contributed by atoms with Crippen LogP contribution in [-0.4, -0.2) is 27.4 Å². The molecule has 1 heterocycles. The number of aromatic nitrogens is 2. The second-order valence-corrected chi connectivity index (χ2v) is 12.0. The summed E-state index contributed by atoms with van der Waals surface area (Å²) in [5, 5.41) is 9.50. The summed E-state index contributed by atoms with van der Waals surface area (Å²) in [6.45, 7) is 3.63. The number of anilines is 1. The van der Waals surface area contributed by atoms with Crippen LogP contribution in [0.3, 0.4) is 0 Å². The monoisotopic (exact) mass is 583 g/mol. The number of hydrogen-bond acceptors (Lipinski definition) is 4. The molecule has 2 aliphatic rings. The van der Waals surface area contributed by atoms with Crippen molar-refractivity contribution in [2.24, 2.45) is 0 Å². The summed E-state index contributed by atoms with van der Waals surface area (Å²) >= 11 is 0. The van der Waals surface area contributed by atoms with Crippen molar-refractivity contribution in [3.8, 4) is 0 Å². The first-order valence-electron chi connectivity index (χ1n) is 14.7. The molecule has 0 fully saturated rings. The van der Waals surface area contributed by atoms with Crippen molar-refractivity contribution in [3.63, 3.8) is 0 Å². The van der Waals surface area contributed by atoms with Gasteiger partial charge in [0.1, 0.15) is 23.2 Å². The minimum atomic E-state index is -0.955. The SMILES string of the molecule is CC(C)(C(=O)NC1CCc2ccccc21)n1cnc(NC(=O)[C@@H](NC2CCc3cc(F)cc(F)c3C2)c2ccccc2)c1. The van der Waals surface area contributed by atoms with Gasteiger partial charge in [-0.2, -0.15) is 0 Å². The molecule has 0 saturated carbocycles. The van der Waals surface area contributed by atoms with Crippen molar-refractivity contribution in [1.82, 2.24) is 20.2 Å². The molecule has 0 radical (unpaired) electrons. The molecule has 2 amide bonds. The van der Waals surface area contributed by atoms with Crippen molar-refractivity contribution in [2.75, 3.05) is 5.32 Å². The van der Waals surface area contributed by atoms with Crippen LogP contribution in [0, 0.1) is 11.6 Å². The minimum absolute atomic E-state index is 0.0392. The van der Waals surface area contributed by atoms with Crippen LogP contribution in [0.1, 0.15) is 66.6 Å². The molecule has 2 unspecified atom stereocenters. The maximum atomic E-state index is 14.6. The molecule has 0 bridgehead atoms. The van der Waals surface area contributed by atoms with Gasteiger partial charge in [-0.05, 0) is 79.8 Å². The van der Waals surface area contributed by atoms with E-state index in [0.29, 0.717) is 36.2 Å². The van der Waals surface area contributed by atoms with E-state index >= 15 is 0 Å². The molecule has 6 rings (SSSR count). The molecule has 0 spiro atoms. The standard InChI is InChI=1S/C34H35F2N5O2/c1-34(2,33(43)39-29-15-13-21-8-6-7-11-26(21)29)41-19-30(37-20-41)40-32(42)31(22-9-4-3-5-10-22)38-25-14-12-23-16-24(35)17-28(36)27(23)18-25/h3-11,16-17,19-20,25,29,31,38H,12-15,18H2,1-2H3,(H,39,43)(H,40,42)/t25?,29?,31-/m0/s1. The first-order valence-corrected chi connectivity index (χ1v) is 14.7. The Labute approximate surface area is 249 Å². The minimum Gasteiger partial charge on any atom is -0.347 e. The number of carbonyl (C=O) groups excluding carboxylic acids is 2. The summed E-state index contributed by atoms with van der Waals surface area (Å²) in [6.07, 6.45) is 6.48. The quantitative estimate of drug-likeness (QED) is 0.255. The molecule has 222 valence electrons. The van der Waals surface area contributed by atoms with E-state index in [2.05, 4.69) is 33.1 Å². The Morgan fingerprint density at radius 3 is 2.53 bits per heavy atom. The number of nitrogens with zero attached hydrogens (tertiary/aromatic N) is 2. The van der Waals surface area contributed by atoms with Crippen LogP contribution >= 0.6 is 0 Å². The zero-order valence-corrected chi connectivity index (χ0v) is 24.2. The van der Waals surface area contributed by atoms with Gasteiger partial charge in [-0.15, -0.1) is 0 Å². The van der Waals surface area contributed by atoms with Crippen LogP contribution in [-0.2, 0) is 34.4 Å². The van der Waals surface area contributed by atoms with Gasteiger partial charge >= 0.3 is 0 Å². The zero-order chi connectivity index (χ0) is 30.1. The lowest BCUT2D eigenvalue weighted by atomic mass is 9.87. The molecule has 3 N–H and O–H groups in total. The fourth-order valence-electron chi connectivity index (χ4n) is 6.18. The van der Waals surface area contributed by atoms with Gasteiger partial charge in [0.15, 0.2) is 5.82 Å². The lowest BCUT2D eigenvalue weighted by Crippen LogP contribution is -2.45. The van der Waals surface area contributed by atoms with E-state index in [1.807, 2.05) is 56.3 Å². The second kappa shape index (κ2) is 11.7. The lowest BCUT2D eigenvalue weighted by molar-refractivity contribution is -0.129. The Hall–Kier alpha value is -4.37. The molecule has 3 aromatic carbocycles. The highest BCUT2D eigenvalue weighted by Crippen LogP contribution is 2.32. The van der Waals surface area contributed by atoms with Crippen molar-refractivity contribution in [1.29, 1.82) is 0 Å². The molecule has 43 heavy (non-hydrogen) atoms. The molecule has 9 heteroatoms. The normalized spacial score (nSPS) is 18.4. The van der Waals surface area contributed by atoms with Gasteiger partial charge in [-0.25, -0.2) is 13.8 Å². The van der Waals surface area contributed by atoms with Crippen LogP contribution in [0.4, 0.5) is 14.6 Å². The van der Waals surface area contributed by atoms with E-state index in [1.165, 1.54) is 11.6 Å². The third-order valence-corrected chi connectivity index (χ3v) is 8.74. The molecule has 0 aliphatic heterocycles. The molecule has 1 aromatic heterocycles. The summed E-state index contributed by atoms with van der Waals surface area (Å²) in [4.78, 5) is 31.4. The maximum absolute atomic E-state index is 14.6. The lowest BCUT2D eigenvalue weighted by Gasteiger charge is -2.30. The van der Waals surface area contributed by atoms with Crippen LogP contribution in [0.2, 0.25) is 0 Å². The number of imidazole rings is 1. The maximum Gasteiger partial charge on any atom is 0.247 e. The third-order valence-electron chi connectivity index (χ3n) is 8.74. The number of rotatable bonds is 8. The number of benzene rings is 3. The van der Waals surface area contributed by atoms with E-state index in [0.717, 1.165) is 30.0 Å². The van der Waals surface area contributed by atoms with E-state index in [1.54, 1.807) is 17.1 Å². The fraction of sp³-hybridized carbons (Fsp3) is 0.324. The Balaban J connectivity index is 1.15. The fourth-order valence-corrected chi connectivity index (χ4v) is 6.18. The van der Waals surface area contributed by atoms with Gasteiger partial charge in [0.05, 0.1) is 12.4 Å². The highest BCUT2D eigenvalue weighted by Gasteiger charge is 2.34. The Morgan fingerprint density at radius 2 is 1.72 bits per heavy atom. The number of nitrogens with one attached hydrogen (secondary N) is 3. The second-order valence-electron chi connectivity index (χ2n) is 12.0. The van der Waals surface area contributed by atoms with Gasteiger partial charge in [-0.1, -0.05) is 54.6 Å². The van der Waals surface area contributed by atoms with E-state index < -0.39 is 23.2 Å². The Morgan fingerprint density at radius 1 is 0.977 bits per heavy atom. The Kier molecular flexibility index (Phi) is 7.83. The van der Waals surface area contributed by atoms with Crippen molar-refractivity contribution in [3.05, 3.63) is 119 Å². The summed E-state index contributed by atoms with van der Waals surface area (Å²) < 4.78 is 30.0. The number of fused-ring (bicyclic) bond motifs is 2. The van der Waals surface area contributed by atoms with Crippen LogP contribution in [0.5, 0.6) is 0 Å². The number of carbonyl (C=O) groups is 2. The summed E-state index contributed by atoms with van der Waals surface area (Å²) in [5.74, 6) is -1.29. The van der Waals surface area contributed by atoms with E-state index in [-0.39, 0.29) is 23.9 Å². The Bertz CT molecular complexity index is 1650. The third kappa shape index (κ3) is 5.95. The van der Waals surface area contributed by atoms with Crippen LogP contribution in [0.25, 0.3) is 0 Å². The molecule has 0 saturated heterocycles. The predicted molar refractivity (Wildman–Crippen MR) is 160 cm³/mol. The summed E-state index contributed by atoms with van der Waals surface area (Å²) in [7, 11) is 0. The molecule has 4 aromatic rings. The van der Waals surface area contributed by atoms with Crippen LogP contribution < -0.4 is 16.0 Å². The molecule has 2 aliphatic carbocycles. The molecule has 7 nitrogen and oxygen atoms in total. The van der Waals surface area contributed by atoms with E-state index in [9.17, 15) is 18.4 Å². The average molecular weight is 584 g/mol. The molecular formula is C34H35F2N5O2. The first kappa shape index (κ1) is 28.7. The van der Waals surface area contributed by atoms with Crippen molar-refractivity contribution >= 4 is 17.6 Å². The van der Waals surface area contributed by atoms with Crippen LogP contribution in [0.15, 0.2) is 79.3 Å². The van der Waals surface area contributed by atoms with Gasteiger partial charge < -0.3 is 15.2 Å². The largest absolute Gasteiger partial charge is 0.347 e. The highest BCUT2D eigenvalue weighted by atomic mass is 19.1. The van der Waals surface area contributed by atoms with Gasteiger partial charge in [0.2, 0.25) is 11.8 Å². The molecule has 3 atom stereocenters. The highest BCUT2D eigenvalue weighted by molar-refractivity contribution is 5.95. The van der Waals surface area contributed by atoms with Gasteiger partial charge in [0, 0.05) is 18.3 Å². The van der Waals surface area contributed by atoms with E-state index in [4.69, 9.17) is 0 Å². The van der Waals surface area contributed by atoms with Gasteiger partial charge in [-0.3, -0.25) is 14.9 Å². The predicted octanol–water partition coefficient (Wildman–Crippen LogP) is 5.53. The number of hydrogen-bond donors (Lipinski definition) is 3. The first-order chi connectivity index (χ1) is 20.7. The number of aryl methyl sites for hydroxylation is 2. The summed E-state index contributed by atoms with van der Waals surface area (Å²) in [5.41, 5.74) is 3.37. The smallest absolute Gasteiger partial charge is 0.247 e. The molecular weight excluding hydrogens is 548 g/mol. The topological polar surface area (TPSA) is 88.1 Å². The average Bonchev–Trinajstić information content (AvgIpc) is 3.64.